The number of rotatable bonds is 6. The number of furan rings is 1. The van der Waals surface area contributed by atoms with Crippen molar-refractivity contribution in [1.82, 2.24) is 9.80 Å². The predicted molar refractivity (Wildman–Crippen MR) is 80.8 cm³/mol. The zero-order valence-corrected chi connectivity index (χ0v) is 13.0. The van der Waals surface area contributed by atoms with Crippen molar-refractivity contribution < 1.29 is 14.3 Å². The van der Waals surface area contributed by atoms with E-state index in [9.17, 15) is 4.79 Å². The minimum absolute atomic E-state index is 0.105. The van der Waals surface area contributed by atoms with E-state index >= 15 is 0 Å². The number of hydrogen-bond donors (Lipinski definition) is 1. The topological polar surface area (TPSA) is 56.9 Å². The summed E-state index contributed by atoms with van der Waals surface area (Å²) in [6, 6.07) is 4.16. The van der Waals surface area contributed by atoms with Gasteiger partial charge in [-0.1, -0.05) is 6.42 Å². The van der Waals surface area contributed by atoms with Crippen LogP contribution < -0.4 is 0 Å². The first-order valence-corrected chi connectivity index (χ1v) is 7.74. The molecule has 1 aliphatic heterocycles. The molecule has 21 heavy (non-hydrogen) atoms. The van der Waals surface area contributed by atoms with Gasteiger partial charge in [-0.15, -0.1) is 0 Å². The van der Waals surface area contributed by atoms with Crippen LogP contribution in [0.4, 0.5) is 0 Å². The van der Waals surface area contributed by atoms with Gasteiger partial charge < -0.3 is 14.4 Å². The minimum atomic E-state index is 0.105. The molecule has 5 heteroatoms. The van der Waals surface area contributed by atoms with Gasteiger partial charge in [0.2, 0.25) is 5.91 Å². The van der Waals surface area contributed by atoms with E-state index < -0.39 is 0 Å². The number of piperidine rings is 1. The standard InChI is InChI=1S/C16H26N2O3/c1-13-6-7-15(21-13)11-17(2)16(20)12-18-9-4-3-5-14(18)8-10-19/h6-7,14,19H,3-5,8-12H2,1-2H3. The Hall–Kier alpha value is -1.33. The summed E-state index contributed by atoms with van der Waals surface area (Å²) >= 11 is 0. The van der Waals surface area contributed by atoms with Crippen LogP contribution in [-0.2, 0) is 11.3 Å². The highest BCUT2D eigenvalue weighted by Gasteiger charge is 2.25. The van der Waals surface area contributed by atoms with Gasteiger partial charge in [-0.3, -0.25) is 9.69 Å². The molecule has 0 saturated carbocycles. The molecule has 1 aromatic rings. The molecule has 2 heterocycles. The molecule has 5 nitrogen and oxygen atoms in total. The van der Waals surface area contributed by atoms with Gasteiger partial charge in [0.15, 0.2) is 0 Å². The first-order valence-electron chi connectivity index (χ1n) is 7.74. The van der Waals surface area contributed by atoms with Crippen LogP contribution in [0.2, 0.25) is 0 Å². The second-order valence-electron chi connectivity index (χ2n) is 5.89. The molecular formula is C16H26N2O3. The summed E-state index contributed by atoms with van der Waals surface area (Å²) in [4.78, 5) is 16.3. The average molecular weight is 294 g/mol. The molecule has 0 aromatic carbocycles. The lowest BCUT2D eigenvalue weighted by molar-refractivity contribution is -0.133. The lowest BCUT2D eigenvalue weighted by atomic mass is 9.99. The monoisotopic (exact) mass is 294 g/mol. The Morgan fingerprint density at radius 3 is 2.95 bits per heavy atom. The van der Waals surface area contributed by atoms with Crippen molar-refractivity contribution in [2.24, 2.45) is 0 Å². The number of hydrogen-bond acceptors (Lipinski definition) is 4. The quantitative estimate of drug-likeness (QED) is 0.869. The molecule has 1 saturated heterocycles. The van der Waals surface area contributed by atoms with E-state index in [1.807, 2.05) is 26.1 Å². The molecule has 0 radical (unpaired) electrons. The van der Waals surface area contributed by atoms with Crippen molar-refractivity contribution in [3.05, 3.63) is 23.7 Å². The summed E-state index contributed by atoms with van der Waals surface area (Å²) in [5.74, 6) is 1.78. The van der Waals surface area contributed by atoms with E-state index in [0.717, 1.165) is 37.3 Å². The molecule has 0 bridgehead atoms. The molecule has 1 unspecified atom stereocenters. The van der Waals surface area contributed by atoms with Crippen molar-refractivity contribution in [3.8, 4) is 0 Å². The van der Waals surface area contributed by atoms with E-state index in [2.05, 4.69) is 4.90 Å². The van der Waals surface area contributed by atoms with Crippen LogP contribution in [0.15, 0.2) is 16.5 Å². The fourth-order valence-corrected chi connectivity index (χ4v) is 2.93. The zero-order chi connectivity index (χ0) is 15.2. The van der Waals surface area contributed by atoms with Crippen molar-refractivity contribution >= 4 is 5.91 Å². The Morgan fingerprint density at radius 2 is 2.29 bits per heavy atom. The molecular weight excluding hydrogens is 268 g/mol. The summed E-state index contributed by atoms with van der Waals surface area (Å²) in [7, 11) is 1.81. The first kappa shape index (κ1) is 16.0. The van der Waals surface area contributed by atoms with Crippen molar-refractivity contribution in [2.45, 2.75) is 45.2 Å². The molecule has 2 rings (SSSR count). The fourth-order valence-electron chi connectivity index (χ4n) is 2.93. The average Bonchev–Trinajstić information content (AvgIpc) is 2.86. The number of nitrogens with zero attached hydrogens (tertiary/aromatic N) is 2. The van der Waals surface area contributed by atoms with Crippen LogP contribution >= 0.6 is 0 Å². The van der Waals surface area contributed by atoms with E-state index in [1.54, 1.807) is 4.90 Å². The first-order chi connectivity index (χ1) is 10.1. The van der Waals surface area contributed by atoms with Crippen molar-refractivity contribution in [1.29, 1.82) is 0 Å². The summed E-state index contributed by atoms with van der Waals surface area (Å²) in [6.45, 7) is 3.98. The summed E-state index contributed by atoms with van der Waals surface area (Å²) < 4.78 is 5.51. The smallest absolute Gasteiger partial charge is 0.236 e. The number of aliphatic hydroxyl groups excluding tert-OH is 1. The van der Waals surface area contributed by atoms with Crippen LogP contribution in [0.25, 0.3) is 0 Å². The number of carbonyl (C=O) groups excluding carboxylic acids is 1. The number of aliphatic hydroxyl groups is 1. The van der Waals surface area contributed by atoms with Gasteiger partial charge in [-0.2, -0.15) is 0 Å². The highest BCUT2D eigenvalue weighted by Crippen LogP contribution is 2.19. The Labute approximate surface area is 126 Å². The number of aryl methyl sites for hydroxylation is 1. The summed E-state index contributed by atoms with van der Waals surface area (Å²) in [6.07, 6.45) is 4.16. The van der Waals surface area contributed by atoms with Crippen molar-refractivity contribution in [3.63, 3.8) is 0 Å². The van der Waals surface area contributed by atoms with Crippen LogP contribution in [0.5, 0.6) is 0 Å². The van der Waals surface area contributed by atoms with Crippen LogP contribution in [0, 0.1) is 6.92 Å². The maximum Gasteiger partial charge on any atom is 0.236 e. The Kier molecular flexibility index (Phi) is 5.82. The van der Waals surface area contributed by atoms with E-state index in [4.69, 9.17) is 9.52 Å². The Bertz CT molecular complexity index is 456. The minimum Gasteiger partial charge on any atom is -0.464 e. The second kappa shape index (κ2) is 7.61. The number of carbonyl (C=O) groups is 1. The van der Waals surface area contributed by atoms with E-state index in [0.29, 0.717) is 19.1 Å². The maximum atomic E-state index is 12.4. The molecule has 1 fully saturated rings. The fraction of sp³-hybridized carbons (Fsp3) is 0.688. The highest BCUT2D eigenvalue weighted by atomic mass is 16.3. The molecule has 1 aliphatic rings. The number of likely N-dealkylation sites (N-methyl/N-ethyl adjacent to an activating group) is 1. The Morgan fingerprint density at radius 1 is 1.48 bits per heavy atom. The van der Waals surface area contributed by atoms with Crippen molar-refractivity contribution in [2.75, 3.05) is 26.7 Å². The normalized spacial score (nSPS) is 19.7. The van der Waals surface area contributed by atoms with Crippen LogP contribution in [0.3, 0.4) is 0 Å². The SMILES string of the molecule is Cc1ccc(CN(C)C(=O)CN2CCCCC2CCO)o1. The van der Waals surface area contributed by atoms with Gasteiger partial charge in [0.1, 0.15) is 11.5 Å². The molecule has 118 valence electrons. The van der Waals surface area contributed by atoms with Gasteiger partial charge >= 0.3 is 0 Å². The third-order valence-electron chi connectivity index (χ3n) is 4.16. The van der Waals surface area contributed by atoms with Gasteiger partial charge in [-0.05, 0) is 44.9 Å². The Balaban J connectivity index is 1.86. The molecule has 1 aromatic heterocycles. The third kappa shape index (κ3) is 4.58. The molecule has 1 amide bonds. The maximum absolute atomic E-state index is 12.4. The molecule has 1 atom stereocenters. The number of amides is 1. The van der Waals surface area contributed by atoms with E-state index in [1.165, 1.54) is 6.42 Å². The molecule has 0 spiro atoms. The summed E-state index contributed by atoms with van der Waals surface area (Å²) in [5, 5.41) is 9.14. The van der Waals surface area contributed by atoms with Gasteiger partial charge in [0.25, 0.3) is 0 Å². The highest BCUT2D eigenvalue weighted by molar-refractivity contribution is 5.78. The zero-order valence-electron chi connectivity index (χ0n) is 13.0. The molecule has 1 N–H and O–H groups in total. The summed E-state index contributed by atoms with van der Waals surface area (Å²) in [5.41, 5.74) is 0. The second-order valence-corrected chi connectivity index (χ2v) is 5.89. The van der Waals surface area contributed by atoms with Gasteiger partial charge in [-0.25, -0.2) is 0 Å². The van der Waals surface area contributed by atoms with Gasteiger partial charge in [0, 0.05) is 19.7 Å². The third-order valence-corrected chi connectivity index (χ3v) is 4.16. The largest absolute Gasteiger partial charge is 0.464 e. The number of likely N-dealkylation sites (tertiary alicyclic amines) is 1. The van der Waals surface area contributed by atoms with E-state index in [-0.39, 0.29) is 12.5 Å². The lowest BCUT2D eigenvalue weighted by Gasteiger charge is -2.35. The van der Waals surface area contributed by atoms with Crippen LogP contribution in [0.1, 0.15) is 37.2 Å². The predicted octanol–water partition coefficient (Wildman–Crippen LogP) is 1.78. The van der Waals surface area contributed by atoms with Crippen LogP contribution in [-0.4, -0.2) is 53.6 Å². The van der Waals surface area contributed by atoms with Gasteiger partial charge in [0.05, 0.1) is 13.1 Å². The molecule has 0 aliphatic carbocycles. The lowest BCUT2D eigenvalue weighted by Crippen LogP contribution is -2.46.